The van der Waals surface area contributed by atoms with E-state index in [2.05, 4.69) is 27.7 Å². The van der Waals surface area contributed by atoms with Crippen LogP contribution in [0.4, 0.5) is 11.8 Å². The topological polar surface area (TPSA) is 90.4 Å². The van der Waals surface area contributed by atoms with Crippen molar-refractivity contribution in [2.24, 2.45) is 5.92 Å². The van der Waals surface area contributed by atoms with Crippen LogP contribution in [0.1, 0.15) is 26.7 Å². The quantitative estimate of drug-likeness (QED) is 0.493. The number of allylic oxidation sites excluding steroid dienone is 3. The maximum atomic E-state index is 11.8. The van der Waals surface area contributed by atoms with Crippen LogP contribution in [0.25, 0.3) is 0 Å². The van der Waals surface area contributed by atoms with Gasteiger partial charge < -0.3 is 15.4 Å². The van der Waals surface area contributed by atoms with Gasteiger partial charge in [-0.15, -0.1) is 0 Å². The number of hydrogen-bond acceptors (Lipinski definition) is 7. The number of carbonyl (C=O) groups excluding carboxylic acids is 1. The first kappa shape index (κ1) is 17.9. The maximum Gasteiger partial charge on any atom is 0.243 e. The first-order valence-electron chi connectivity index (χ1n) is 8.27. The molecule has 1 aromatic rings. The van der Waals surface area contributed by atoms with Crippen molar-refractivity contribution in [2.45, 2.75) is 26.7 Å². The second-order valence-corrected chi connectivity index (χ2v) is 5.72. The number of aliphatic hydroxyl groups is 1. The molecule has 1 aliphatic rings. The number of aliphatic hydroxyl groups excluding tert-OH is 1. The number of anilines is 2. The van der Waals surface area contributed by atoms with Gasteiger partial charge in [-0.3, -0.25) is 10.2 Å². The number of ketones is 1. The number of aromatic nitrogens is 2. The molecule has 1 atom stereocenters. The molecule has 1 aromatic heterocycles. The normalized spacial score (nSPS) is 18.7. The van der Waals surface area contributed by atoms with Crippen LogP contribution >= 0.6 is 0 Å². The van der Waals surface area contributed by atoms with Gasteiger partial charge in [-0.05, 0) is 30.9 Å². The highest BCUT2D eigenvalue weighted by Gasteiger charge is 2.17. The predicted molar refractivity (Wildman–Crippen MR) is 94.4 cm³/mol. The van der Waals surface area contributed by atoms with Crippen molar-refractivity contribution in [3.05, 3.63) is 36.2 Å². The van der Waals surface area contributed by atoms with Gasteiger partial charge >= 0.3 is 0 Å². The van der Waals surface area contributed by atoms with E-state index in [9.17, 15) is 9.90 Å². The smallest absolute Gasteiger partial charge is 0.243 e. The summed E-state index contributed by atoms with van der Waals surface area (Å²) in [6, 6.07) is 1.81. The highest BCUT2D eigenvalue weighted by Crippen LogP contribution is 2.20. The Balaban J connectivity index is 2.01. The minimum absolute atomic E-state index is 0.0229. The molecule has 0 radical (unpaired) electrons. The van der Waals surface area contributed by atoms with Gasteiger partial charge in [0.25, 0.3) is 0 Å². The van der Waals surface area contributed by atoms with Crippen LogP contribution in [-0.4, -0.2) is 40.6 Å². The Labute approximate surface area is 142 Å². The number of carbonyl (C=O) groups is 1. The Morgan fingerprint density at radius 1 is 1.46 bits per heavy atom. The molecule has 0 spiro atoms. The minimum Gasteiger partial charge on any atom is -0.395 e. The van der Waals surface area contributed by atoms with E-state index in [1.807, 2.05) is 24.0 Å². The molecule has 3 N–H and O–H groups in total. The second-order valence-electron chi connectivity index (χ2n) is 5.72. The third-order valence-corrected chi connectivity index (χ3v) is 3.81. The van der Waals surface area contributed by atoms with Gasteiger partial charge in [0.1, 0.15) is 5.82 Å². The highest BCUT2D eigenvalue weighted by atomic mass is 16.3. The highest BCUT2D eigenvalue weighted by molar-refractivity contribution is 6.05. The summed E-state index contributed by atoms with van der Waals surface area (Å²) in [6.45, 7) is 5.51. The molecule has 7 nitrogen and oxygen atoms in total. The lowest BCUT2D eigenvalue weighted by Crippen LogP contribution is -2.29. The molecule has 0 amide bonds. The summed E-state index contributed by atoms with van der Waals surface area (Å²) < 4.78 is 0. The third kappa shape index (κ3) is 4.79. The van der Waals surface area contributed by atoms with E-state index in [-0.39, 0.29) is 18.3 Å². The number of hydrogen-bond donors (Lipinski definition) is 3. The summed E-state index contributed by atoms with van der Waals surface area (Å²) in [6.07, 6.45) is 8.65. The van der Waals surface area contributed by atoms with Gasteiger partial charge in [-0.2, -0.15) is 4.98 Å². The summed E-state index contributed by atoms with van der Waals surface area (Å²) in [5.41, 5.74) is 6.53. The van der Waals surface area contributed by atoms with E-state index < -0.39 is 0 Å². The second kappa shape index (κ2) is 9.02. The lowest BCUT2D eigenvalue weighted by atomic mass is 9.90. The summed E-state index contributed by atoms with van der Waals surface area (Å²) in [5, 5.41) is 9.17. The Morgan fingerprint density at radius 2 is 2.29 bits per heavy atom. The lowest BCUT2D eigenvalue weighted by Gasteiger charge is -2.22. The fraction of sp³-hybridized carbons (Fsp3) is 0.471. The fourth-order valence-corrected chi connectivity index (χ4v) is 2.55. The molecule has 0 fully saturated rings. The van der Waals surface area contributed by atoms with E-state index in [1.165, 1.54) is 0 Å². The number of nitrogens with one attached hydrogen (secondary N) is 2. The Morgan fingerprint density at radius 3 is 3.00 bits per heavy atom. The molecule has 0 bridgehead atoms. The fourth-order valence-electron chi connectivity index (χ4n) is 2.55. The Hall–Kier alpha value is -2.41. The van der Waals surface area contributed by atoms with Crippen LogP contribution in [0.2, 0.25) is 0 Å². The monoisotopic (exact) mass is 331 g/mol. The zero-order valence-electron chi connectivity index (χ0n) is 14.2. The third-order valence-electron chi connectivity index (χ3n) is 3.81. The zero-order valence-corrected chi connectivity index (χ0v) is 14.2. The molecule has 0 aromatic carbocycles. The predicted octanol–water partition coefficient (Wildman–Crippen LogP) is 1.65. The minimum atomic E-state index is 0.0229. The van der Waals surface area contributed by atoms with Crippen molar-refractivity contribution >= 4 is 17.5 Å². The largest absolute Gasteiger partial charge is 0.395 e. The van der Waals surface area contributed by atoms with Gasteiger partial charge in [0.15, 0.2) is 5.78 Å². The average molecular weight is 331 g/mol. The van der Waals surface area contributed by atoms with E-state index in [0.29, 0.717) is 12.5 Å². The van der Waals surface area contributed by atoms with Crippen LogP contribution in [0, 0.1) is 5.92 Å². The SMILES string of the molecule is CCCN(CCO)c1ccnc(NNC=C2C(=O)C=CCC2C)n1. The molecule has 0 saturated heterocycles. The van der Waals surface area contributed by atoms with E-state index in [0.717, 1.165) is 30.8 Å². The van der Waals surface area contributed by atoms with Crippen LogP contribution in [0.15, 0.2) is 36.2 Å². The van der Waals surface area contributed by atoms with E-state index >= 15 is 0 Å². The van der Waals surface area contributed by atoms with Crippen LogP contribution in [0.3, 0.4) is 0 Å². The Bertz CT molecular complexity index is 609. The van der Waals surface area contributed by atoms with Gasteiger partial charge in [0.2, 0.25) is 5.95 Å². The number of nitrogens with zero attached hydrogens (tertiary/aromatic N) is 3. The van der Waals surface area contributed by atoms with Crippen molar-refractivity contribution < 1.29 is 9.90 Å². The van der Waals surface area contributed by atoms with Crippen LogP contribution in [0.5, 0.6) is 0 Å². The zero-order chi connectivity index (χ0) is 17.4. The van der Waals surface area contributed by atoms with Gasteiger partial charge in [0, 0.05) is 31.1 Å². The molecule has 1 heterocycles. The lowest BCUT2D eigenvalue weighted by molar-refractivity contribution is -0.112. The van der Waals surface area contributed by atoms with Gasteiger partial charge in [-0.25, -0.2) is 4.98 Å². The van der Waals surface area contributed by atoms with Crippen LogP contribution < -0.4 is 15.8 Å². The standard InChI is InChI=1S/C17H25N5O2/c1-3-9-22(10-11-23)16-7-8-18-17(20-16)21-19-12-14-13(2)5-4-6-15(14)24/h4,6-8,12-13,19,23H,3,5,9-11H2,1-2H3,(H,18,20,21). The van der Waals surface area contributed by atoms with Crippen molar-refractivity contribution in [3.63, 3.8) is 0 Å². The average Bonchev–Trinajstić information content (AvgIpc) is 2.58. The van der Waals surface area contributed by atoms with Crippen LogP contribution in [-0.2, 0) is 4.79 Å². The van der Waals surface area contributed by atoms with Gasteiger partial charge in [-0.1, -0.05) is 19.9 Å². The van der Waals surface area contributed by atoms with Crippen molar-refractivity contribution in [1.82, 2.24) is 15.4 Å². The molecular formula is C17H25N5O2. The molecule has 2 rings (SSSR count). The summed E-state index contributed by atoms with van der Waals surface area (Å²) in [5.74, 6) is 1.38. The molecule has 1 aliphatic carbocycles. The molecule has 7 heteroatoms. The number of hydrazine groups is 1. The molecule has 0 aliphatic heterocycles. The van der Waals surface area contributed by atoms with E-state index in [4.69, 9.17) is 0 Å². The molecule has 0 saturated carbocycles. The molecule has 24 heavy (non-hydrogen) atoms. The van der Waals surface area contributed by atoms with Crippen molar-refractivity contribution in [2.75, 3.05) is 30.0 Å². The summed E-state index contributed by atoms with van der Waals surface area (Å²) in [4.78, 5) is 22.4. The molecule has 1 unspecified atom stereocenters. The van der Waals surface area contributed by atoms with Crippen molar-refractivity contribution in [1.29, 1.82) is 0 Å². The summed E-state index contributed by atoms with van der Waals surface area (Å²) >= 11 is 0. The van der Waals surface area contributed by atoms with Crippen molar-refractivity contribution in [3.8, 4) is 0 Å². The van der Waals surface area contributed by atoms with Gasteiger partial charge in [0.05, 0.1) is 6.61 Å². The maximum absolute atomic E-state index is 11.8. The first-order valence-corrected chi connectivity index (χ1v) is 8.27. The molecular weight excluding hydrogens is 306 g/mol. The molecule has 130 valence electrons. The first-order chi connectivity index (χ1) is 11.7. The Kier molecular flexibility index (Phi) is 6.74. The summed E-state index contributed by atoms with van der Waals surface area (Å²) in [7, 11) is 0. The number of rotatable bonds is 8. The van der Waals surface area contributed by atoms with E-state index in [1.54, 1.807) is 18.5 Å².